The van der Waals surface area contributed by atoms with Crippen molar-refractivity contribution in [1.29, 1.82) is 0 Å². The number of rotatable bonds is 2. The summed E-state index contributed by atoms with van der Waals surface area (Å²) < 4.78 is 18.0. The van der Waals surface area contributed by atoms with Gasteiger partial charge in [-0.3, -0.25) is 0 Å². The first kappa shape index (κ1) is 10.4. The Labute approximate surface area is 89.7 Å². The monoisotopic (exact) mass is 209 g/mol. The SMILES string of the molecule is COC1CCN(c2ccc(F)cc2)CC1. The van der Waals surface area contributed by atoms with Crippen molar-refractivity contribution in [2.75, 3.05) is 25.1 Å². The number of piperidine rings is 1. The minimum absolute atomic E-state index is 0.175. The Balaban J connectivity index is 1.98. The van der Waals surface area contributed by atoms with E-state index < -0.39 is 0 Å². The number of benzene rings is 1. The predicted octanol–water partition coefficient (Wildman–Crippen LogP) is 2.44. The fourth-order valence-electron chi connectivity index (χ4n) is 2.00. The van der Waals surface area contributed by atoms with Gasteiger partial charge in [-0.05, 0) is 37.1 Å². The zero-order valence-electron chi connectivity index (χ0n) is 8.95. The molecule has 2 rings (SSSR count). The summed E-state index contributed by atoms with van der Waals surface area (Å²) in [6, 6.07) is 6.69. The van der Waals surface area contributed by atoms with E-state index in [0.717, 1.165) is 31.6 Å². The number of hydrogen-bond donors (Lipinski definition) is 0. The molecule has 0 unspecified atom stereocenters. The fourth-order valence-corrected chi connectivity index (χ4v) is 2.00. The van der Waals surface area contributed by atoms with Gasteiger partial charge >= 0.3 is 0 Å². The second-order valence-electron chi connectivity index (χ2n) is 3.90. The highest BCUT2D eigenvalue weighted by atomic mass is 19.1. The van der Waals surface area contributed by atoms with Crippen LogP contribution in [0.5, 0.6) is 0 Å². The lowest BCUT2D eigenvalue weighted by atomic mass is 10.1. The van der Waals surface area contributed by atoms with Crippen molar-refractivity contribution in [2.45, 2.75) is 18.9 Å². The topological polar surface area (TPSA) is 12.5 Å². The van der Waals surface area contributed by atoms with Gasteiger partial charge in [0.25, 0.3) is 0 Å². The second-order valence-corrected chi connectivity index (χ2v) is 3.90. The van der Waals surface area contributed by atoms with E-state index in [0.29, 0.717) is 6.10 Å². The highest BCUT2D eigenvalue weighted by molar-refractivity contribution is 5.46. The molecule has 3 heteroatoms. The van der Waals surface area contributed by atoms with E-state index in [-0.39, 0.29) is 5.82 Å². The lowest BCUT2D eigenvalue weighted by Crippen LogP contribution is -2.36. The molecule has 0 saturated carbocycles. The van der Waals surface area contributed by atoms with Crippen LogP contribution < -0.4 is 4.90 Å². The highest BCUT2D eigenvalue weighted by Crippen LogP contribution is 2.21. The van der Waals surface area contributed by atoms with Crippen LogP contribution in [0.4, 0.5) is 10.1 Å². The van der Waals surface area contributed by atoms with Gasteiger partial charge in [0.05, 0.1) is 6.10 Å². The van der Waals surface area contributed by atoms with Gasteiger partial charge < -0.3 is 9.64 Å². The molecule has 2 nitrogen and oxygen atoms in total. The molecule has 15 heavy (non-hydrogen) atoms. The molecule has 1 aliphatic heterocycles. The van der Waals surface area contributed by atoms with Crippen LogP contribution in [0, 0.1) is 5.82 Å². The first-order chi connectivity index (χ1) is 7.29. The molecule has 1 aromatic rings. The molecule has 0 aliphatic carbocycles. The number of ether oxygens (including phenoxy) is 1. The largest absolute Gasteiger partial charge is 0.381 e. The zero-order valence-corrected chi connectivity index (χ0v) is 8.95. The van der Waals surface area contributed by atoms with Crippen molar-refractivity contribution >= 4 is 5.69 Å². The maximum absolute atomic E-state index is 12.7. The summed E-state index contributed by atoms with van der Waals surface area (Å²) in [5.74, 6) is -0.175. The third-order valence-electron chi connectivity index (χ3n) is 2.97. The molecule has 1 aromatic carbocycles. The van der Waals surface area contributed by atoms with Gasteiger partial charge in [0, 0.05) is 25.9 Å². The van der Waals surface area contributed by atoms with Gasteiger partial charge in [0.2, 0.25) is 0 Å². The molecule has 0 radical (unpaired) electrons. The fraction of sp³-hybridized carbons (Fsp3) is 0.500. The van der Waals surface area contributed by atoms with Gasteiger partial charge in [-0.25, -0.2) is 4.39 Å². The summed E-state index contributed by atoms with van der Waals surface area (Å²) in [6.45, 7) is 1.98. The first-order valence-electron chi connectivity index (χ1n) is 5.33. The Kier molecular flexibility index (Phi) is 3.21. The predicted molar refractivity (Wildman–Crippen MR) is 58.6 cm³/mol. The van der Waals surface area contributed by atoms with Gasteiger partial charge in [-0.2, -0.15) is 0 Å². The Morgan fingerprint density at radius 3 is 2.33 bits per heavy atom. The third-order valence-corrected chi connectivity index (χ3v) is 2.97. The molecule has 82 valence electrons. The van der Waals surface area contributed by atoms with Gasteiger partial charge in [0.15, 0.2) is 0 Å². The Morgan fingerprint density at radius 2 is 1.80 bits per heavy atom. The lowest BCUT2D eigenvalue weighted by Gasteiger charge is -2.32. The molecule has 0 spiro atoms. The average Bonchev–Trinajstić information content (AvgIpc) is 2.30. The minimum Gasteiger partial charge on any atom is -0.381 e. The molecule has 1 saturated heterocycles. The van der Waals surface area contributed by atoms with Crippen molar-refractivity contribution in [1.82, 2.24) is 0 Å². The lowest BCUT2D eigenvalue weighted by molar-refractivity contribution is 0.0819. The van der Waals surface area contributed by atoms with Crippen molar-refractivity contribution in [2.24, 2.45) is 0 Å². The molecule has 1 fully saturated rings. The van der Waals surface area contributed by atoms with Crippen LogP contribution in [0.15, 0.2) is 24.3 Å². The van der Waals surface area contributed by atoms with Crippen molar-refractivity contribution in [3.8, 4) is 0 Å². The van der Waals surface area contributed by atoms with Crippen LogP contribution in [-0.4, -0.2) is 26.3 Å². The van der Waals surface area contributed by atoms with Crippen LogP contribution in [0.1, 0.15) is 12.8 Å². The van der Waals surface area contributed by atoms with E-state index in [1.807, 2.05) is 12.1 Å². The molecular weight excluding hydrogens is 193 g/mol. The number of nitrogens with zero attached hydrogens (tertiary/aromatic N) is 1. The summed E-state index contributed by atoms with van der Waals surface area (Å²) in [5, 5.41) is 0. The van der Waals surface area contributed by atoms with Crippen LogP contribution in [0.3, 0.4) is 0 Å². The molecule has 0 aromatic heterocycles. The zero-order chi connectivity index (χ0) is 10.7. The summed E-state index contributed by atoms with van der Waals surface area (Å²) >= 11 is 0. The van der Waals surface area contributed by atoms with Crippen LogP contribution in [0.2, 0.25) is 0 Å². The van der Waals surface area contributed by atoms with Crippen molar-refractivity contribution in [3.05, 3.63) is 30.1 Å². The molecule has 1 heterocycles. The molecule has 0 bridgehead atoms. The first-order valence-corrected chi connectivity index (χ1v) is 5.33. The van der Waals surface area contributed by atoms with Crippen LogP contribution >= 0.6 is 0 Å². The molecule has 0 N–H and O–H groups in total. The Hall–Kier alpha value is -1.09. The average molecular weight is 209 g/mol. The van der Waals surface area contributed by atoms with Gasteiger partial charge in [-0.1, -0.05) is 0 Å². The third kappa shape index (κ3) is 2.48. The van der Waals surface area contributed by atoms with Gasteiger partial charge in [0.1, 0.15) is 5.82 Å². The number of halogens is 1. The van der Waals surface area contributed by atoms with Crippen molar-refractivity contribution < 1.29 is 9.13 Å². The molecular formula is C12H16FNO. The van der Waals surface area contributed by atoms with E-state index in [2.05, 4.69) is 4.90 Å². The minimum atomic E-state index is -0.175. The highest BCUT2D eigenvalue weighted by Gasteiger charge is 2.18. The molecule has 0 amide bonds. The Bertz CT molecular complexity index is 304. The standard InChI is InChI=1S/C12H16FNO/c1-15-12-6-8-14(9-7-12)11-4-2-10(13)3-5-11/h2-5,12H,6-9H2,1H3. The number of hydrogen-bond acceptors (Lipinski definition) is 2. The summed E-state index contributed by atoms with van der Waals surface area (Å²) in [4.78, 5) is 2.27. The maximum Gasteiger partial charge on any atom is 0.123 e. The summed E-state index contributed by atoms with van der Waals surface area (Å²) in [7, 11) is 1.76. The summed E-state index contributed by atoms with van der Waals surface area (Å²) in [6.07, 6.45) is 2.49. The Morgan fingerprint density at radius 1 is 1.20 bits per heavy atom. The number of methoxy groups -OCH3 is 1. The van der Waals surface area contributed by atoms with Crippen LogP contribution in [-0.2, 0) is 4.74 Å². The van der Waals surface area contributed by atoms with E-state index in [1.54, 1.807) is 7.11 Å². The smallest absolute Gasteiger partial charge is 0.123 e. The van der Waals surface area contributed by atoms with Gasteiger partial charge in [-0.15, -0.1) is 0 Å². The van der Waals surface area contributed by atoms with Crippen LogP contribution in [0.25, 0.3) is 0 Å². The number of anilines is 1. The summed E-state index contributed by atoms with van der Waals surface area (Å²) in [5.41, 5.74) is 1.10. The molecule has 0 atom stereocenters. The maximum atomic E-state index is 12.7. The second kappa shape index (κ2) is 4.62. The van der Waals surface area contributed by atoms with E-state index in [9.17, 15) is 4.39 Å². The van der Waals surface area contributed by atoms with E-state index in [1.165, 1.54) is 12.1 Å². The quantitative estimate of drug-likeness (QED) is 0.741. The van der Waals surface area contributed by atoms with Crippen molar-refractivity contribution in [3.63, 3.8) is 0 Å². The van der Waals surface area contributed by atoms with E-state index in [4.69, 9.17) is 4.74 Å². The van der Waals surface area contributed by atoms with E-state index >= 15 is 0 Å². The molecule has 1 aliphatic rings. The normalized spacial score (nSPS) is 18.1.